The number of hydrogen-bond acceptors (Lipinski definition) is 4. The number of sulfone groups is 1. The monoisotopic (exact) mass is 402 g/mol. The standard InChI is InChI=1S/C21H23FN2O3S/c1-28(26,27)18-9-10-20(19(22)16-18)23-12-5-13-24(15-14-23)21(25)11-8-17-6-3-2-4-7-17/h2-4,6-11,16H,5,12-15H2,1H3. The Morgan fingerprint density at radius 1 is 1.04 bits per heavy atom. The highest BCUT2D eigenvalue weighted by Crippen LogP contribution is 2.24. The van der Waals surface area contributed by atoms with E-state index in [2.05, 4.69) is 0 Å². The molecule has 1 amide bonds. The SMILES string of the molecule is CS(=O)(=O)c1ccc(N2CCCN(C(=O)C=Cc3ccccc3)CC2)c(F)c1. The summed E-state index contributed by atoms with van der Waals surface area (Å²) in [6.45, 7) is 2.16. The molecule has 0 spiro atoms. The number of amides is 1. The molecular weight excluding hydrogens is 379 g/mol. The molecule has 0 N–H and O–H groups in total. The summed E-state index contributed by atoms with van der Waals surface area (Å²) < 4.78 is 37.6. The van der Waals surface area contributed by atoms with Crippen LogP contribution in [0.4, 0.5) is 10.1 Å². The normalized spacial score (nSPS) is 15.6. The van der Waals surface area contributed by atoms with Crippen molar-refractivity contribution < 1.29 is 17.6 Å². The summed E-state index contributed by atoms with van der Waals surface area (Å²) in [6, 6.07) is 13.6. The summed E-state index contributed by atoms with van der Waals surface area (Å²) in [7, 11) is -3.45. The Labute approximate surface area is 165 Å². The molecule has 0 radical (unpaired) electrons. The first kappa shape index (κ1) is 20.1. The molecule has 0 aliphatic carbocycles. The Bertz CT molecular complexity index is 974. The number of benzene rings is 2. The molecule has 7 heteroatoms. The van der Waals surface area contributed by atoms with Crippen LogP contribution in [0.5, 0.6) is 0 Å². The number of nitrogens with zero attached hydrogens (tertiary/aromatic N) is 2. The van der Waals surface area contributed by atoms with E-state index in [0.29, 0.717) is 38.3 Å². The summed E-state index contributed by atoms with van der Waals surface area (Å²) in [4.78, 5) is 16.0. The van der Waals surface area contributed by atoms with E-state index in [4.69, 9.17) is 0 Å². The molecule has 0 saturated carbocycles. The Kier molecular flexibility index (Phi) is 6.14. The Morgan fingerprint density at radius 2 is 1.79 bits per heavy atom. The topological polar surface area (TPSA) is 57.7 Å². The van der Waals surface area contributed by atoms with Gasteiger partial charge in [-0.15, -0.1) is 0 Å². The fourth-order valence-corrected chi connectivity index (χ4v) is 3.82. The minimum absolute atomic E-state index is 0.0357. The van der Waals surface area contributed by atoms with Gasteiger partial charge in [-0.05, 0) is 36.3 Å². The third kappa shape index (κ3) is 4.98. The molecule has 0 bridgehead atoms. The smallest absolute Gasteiger partial charge is 0.246 e. The number of carbonyl (C=O) groups excluding carboxylic acids is 1. The molecule has 1 fully saturated rings. The van der Waals surface area contributed by atoms with Crippen molar-refractivity contribution in [3.63, 3.8) is 0 Å². The molecule has 3 rings (SSSR count). The van der Waals surface area contributed by atoms with E-state index < -0.39 is 15.7 Å². The van der Waals surface area contributed by atoms with Crippen molar-refractivity contribution in [1.82, 2.24) is 4.90 Å². The fourth-order valence-electron chi connectivity index (χ4n) is 3.19. The van der Waals surface area contributed by atoms with Gasteiger partial charge in [0.15, 0.2) is 9.84 Å². The second kappa shape index (κ2) is 8.56. The Morgan fingerprint density at radius 3 is 2.46 bits per heavy atom. The van der Waals surface area contributed by atoms with Crippen LogP contribution in [0.25, 0.3) is 6.08 Å². The summed E-state index contributed by atoms with van der Waals surface area (Å²) in [5.41, 5.74) is 1.32. The minimum Gasteiger partial charge on any atom is -0.367 e. The van der Waals surface area contributed by atoms with Crippen LogP contribution in [0.15, 0.2) is 59.5 Å². The lowest BCUT2D eigenvalue weighted by Gasteiger charge is -2.24. The van der Waals surface area contributed by atoms with Crippen LogP contribution in [-0.4, -0.2) is 51.7 Å². The van der Waals surface area contributed by atoms with Crippen molar-refractivity contribution in [3.8, 4) is 0 Å². The lowest BCUT2D eigenvalue weighted by molar-refractivity contribution is -0.125. The third-order valence-electron chi connectivity index (χ3n) is 4.71. The highest BCUT2D eigenvalue weighted by molar-refractivity contribution is 7.90. The molecule has 2 aromatic carbocycles. The van der Waals surface area contributed by atoms with E-state index >= 15 is 0 Å². The van der Waals surface area contributed by atoms with Gasteiger partial charge in [0.05, 0.1) is 10.6 Å². The molecular formula is C21H23FN2O3S. The Hall–Kier alpha value is -2.67. The highest BCUT2D eigenvalue weighted by Gasteiger charge is 2.21. The van der Waals surface area contributed by atoms with Crippen LogP contribution >= 0.6 is 0 Å². The van der Waals surface area contributed by atoms with Crippen LogP contribution in [0.1, 0.15) is 12.0 Å². The summed E-state index contributed by atoms with van der Waals surface area (Å²) in [6.07, 6.45) is 5.11. The predicted octanol–water partition coefficient (Wildman–Crippen LogP) is 2.98. The van der Waals surface area contributed by atoms with Gasteiger partial charge in [0.1, 0.15) is 5.82 Å². The number of carbonyl (C=O) groups is 1. The average Bonchev–Trinajstić information content (AvgIpc) is 2.92. The number of hydrogen-bond donors (Lipinski definition) is 0. The first-order chi connectivity index (χ1) is 13.3. The molecule has 1 aliphatic heterocycles. The quantitative estimate of drug-likeness (QED) is 0.738. The van der Waals surface area contributed by atoms with Crippen LogP contribution in [0.2, 0.25) is 0 Å². The van der Waals surface area contributed by atoms with Crippen molar-refractivity contribution in [1.29, 1.82) is 0 Å². The molecule has 5 nitrogen and oxygen atoms in total. The zero-order chi connectivity index (χ0) is 20.1. The van der Waals surface area contributed by atoms with Gasteiger partial charge in [0, 0.05) is 38.5 Å². The average molecular weight is 402 g/mol. The van der Waals surface area contributed by atoms with Crippen LogP contribution in [0.3, 0.4) is 0 Å². The molecule has 1 heterocycles. The number of halogens is 1. The maximum Gasteiger partial charge on any atom is 0.246 e. The second-order valence-corrected chi connectivity index (χ2v) is 8.81. The van der Waals surface area contributed by atoms with Crippen molar-refractivity contribution in [3.05, 3.63) is 66.0 Å². The van der Waals surface area contributed by atoms with E-state index in [1.165, 1.54) is 12.1 Å². The maximum atomic E-state index is 14.5. The lowest BCUT2D eigenvalue weighted by Crippen LogP contribution is -2.34. The molecule has 1 saturated heterocycles. The maximum absolute atomic E-state index is 14.5. The largest absolute Gasteiger partial charge is 0.367 e. The summed E-state index contributed by atoms with van der Waals surface area (Å²) >= 11 is 0. The first-order valence-corrected chi connectivity index (χ1v) is 11.0. The van der Waals surface area contributed by atoms with Gasteiger partial charge in [-0.1, -0.05) is 30.3 Å². The lowest BCUT2D eigenvalue weighted by atomic mass is 10.2. The van der Waals surface area contributed by atoms with E-state index in [1.807, 2.05) is 35.2 Å². The molecule has 0 atom stereocenters. The molecule has 2 aromatic rings. The van der Waals surface area contributed by atoms with E-state index in [0.717, 1.165) is 17.9 Å². The molecule has 148 valence electrons. The van der Waals surface area contributed by atoms with Crippen LogP contribution in [0, 0.1) is 5.82 Å². The van der Waals surface area contributed by atoms with Gasteiger partial charge >= 0.3 is 0 Å². The zero-order valence-corrected chi connectivity index (χ0v) is 16.5. The van der Waals surface area contributed by atoms with E-state index in [-0.39, 0.29) is 10.8 Å². The molecule has 0 aromatic heterocycles. The predicted molar refractivity (Wildman–Crippen MR) is 108 cm³/mol. The van der Waals surface area contributed by atoms with Gasteiger partial charge in [-0.2, -0.15) is 0 Å². The first-order valence-electron chi connectivity index (χ1n) is 9.11. The van der Waals surface area contributed by atoms with Gasteiger partial charge in [-0.3, -0.25) is 4.79 Å². The van der Waals surface area contributed by atoms with Gasteiger partial charge in [-0.25, -0.2) is 12.8 Å². The van der Waals surface area contributed by atoms with Gasteiger partial charge in [0.25, 0.3) is 0 Å². The van der Waals surface area contributed by atoms with Crippen molar-refractivity contribution >= 4 is 27.5 Å². The van der Waals surface area contributed by atoms with Crippen molar-refractivity contribution in [2.75, 3.05) is 37.3 Å². The van der Waals surface area contributed by atoms with Crippen molar-refractivity contribution in [2.45, 2.75) is 11.3 Å². The number of rotatable bonds is 4. The van der Waals surface area contributed by atoms with Gasteiger partial charge < -0.3 is 9.80 Å². The van der Waals surface area contributed by atoms with Crippen molar-refractivity contribution in [2.24, 2.45) is 0 Å². The fraction of sp³-hybridized carbons (Fsp3) is 0.286. The molecule has 0 unspecified atom stereocenters. The molecule has 1 aliphatic rings. The minimum atomic E-state index is -3.45. The summed E-state index contributed by atoms with van der Waals surface area (Å²) in [5, 5.41) is 0. The van der Waals surface area contributed by atoms with Crippen LogP contribution in [-0.2, 0) is 14.6 Å². The highest BCUT2D eigenvalue weighted by atomic mass is 32.2. The molecule has 28 heavy (non-hydrogen) atoms. The van der Waals surface area contributed by atoms with E-state index in [1.54, 1.807) is 17.1 Å². The van der Waals surface area contributed by atoms with E-state index in [9.17, 15) is 17.6 Å². The Balaban J connectivity index is 1.66. The number of anilines is 1. The second-order valence-electron chi connectivity index (χ2n) is 6.80. The zero-order valence-electron chi connectivity index (χ0n) is 15.7. The summed E-state index contributed by atoms with van der Waals surface area (Å²) in [5.74, 6) is -0.634. The van der Waals surface area contributed by atoms with Crippen LogP contribution < -0.4 is 4.90 Å². The van der Waals surface area contributed by atoms with Gasteiger partial charge in [0.2, 0.25) is 5.91 Å². The third-order valence-corrected chi connectivity index (χ3v) is 5.82.